The van der Waals surface area contributed by atoms with Crippen molar-refractivity contribution in [1.82, 2.24) is 4.72 Å². The largest absolute Gasteiger partial charge is 0.480 e. The highest BCUT2D eigenvalue weighted by Crippen LogP contribution is 2.32. The molecule has 0 fully saturated rings. The summed E-state index contributed by atoms with van der Waals surface area (Å²) in [5, 5.41) is 10.2. The molecule has 1 aliphatic rings. The summed E-state index contributed by atoms with van der Waals surface area (Å²) in [5.41, 5.74) is 1.72. The second kappa shape index (κ2) is 6.80. The number of hydrogen-bond acceptors (Lipinski definition) is 4. The van der Waals surface area contributed by atoms with Crippen LogP contribution >= 0.6 is 0 Å². The van der Waals surface area contributed by atoms with Crippen LogP contribution in [-0.2, 0) is 27.7 Å². The van der Waals surface area contributed by atoms with Gasteiger partial charge in [-0.25, -0.2) is 8.42 Å². The maximum absolute atomic E-state index is 12.6. The number of carboxylic acid groups (broad SMARTS) is 1. The smallest absolute Gasteiger partial charge is 0.322 e. The summed E-state index contributed by atoms with van der Waals surface area (Å²) in [5.74, 6) is -0.611. The number of benzene rings is 1. The van der Waals surface area contributed by atoms with Gasteiger partial charge in [-0.3, -0.25) is 4.79 Å². The fraction of sp³-hybridized carbons (Fsp3) is 0.500. The van der Waals surface area contributed by atoms with Crippen LogP contribution in [0.25, 0.3) is 11.0 Å². The first-order chi connectivity index (χ1) is 11.8. The number of furan rings is 1. The number of aliphatic carboxylic acids is 1. The highest BCUT2D eigenvalue weighted by molar-refractivity contribution is 7.89. The summed E-state index contributed by atoms with van der Waals surface area (Å²) in [6.07, 6.45) is 5.18. The summed E-state index contributed by atoms with van der Waals surface area (Å²) < 4.78 is 33.3. The Morgan fingerprint density at radius 1 is 1.20 bits per heavy atom. The van der Waals surface area contributed by atoms with E-state index in [1.54, 1.807) is 19.9 Å². The lowest BCUT2D eigenvalue weighted by molar-refractivity contribution is -0.140. The van der Waals surface area contributed by atoms with Gasteiger partial charge in [-0.1, -0.05) is 20.3 Å². The summed E-state index contributed by atoms with van der Waals surface area (Å²) in [6.45, 7) is 3.32. The van der Waals surface area contributed by atoms with Crippen LogP contribution in [0.5, 0.6) is 0 Å². The van der Waals surface area contributed by atoms with E-state index in [-0.39, 0.29) is 10.8 Å². The van der Waals surface area contributed by atoms with E-state index in [0.29, 0.717) is 5.58 Å². The summed E-state index contributed by atoms with van der Waals surface area (Å²) in [6, 6.07) is 3.60. The van der Waals surface area contributed by atoms with E-state index in [0.717, 1.165) is 36.8 Å². The third-order valence-corrected chi connectivity index (χ3v) is 6.14. The summed E-state index contributed by atoms with van der Waals surface area (Å²) >= 11 is 0. The molecule has 2 aromatic rings. The van der Waals surface area contributed by atoms with Gasteiger partial charge in [0.15, 0.2) is 0 Å². The van der Waals surface area contributed by atoms with Gasteiger partial charge >= 0.3 is 5.97 Å². The number of rotatable bonds is 5. The number of sulfonamides is 1. The van der Waals surface area contributed by atoms with E-state index in [1.807, 2.05) is 0 Å². The molecule has 0 saturated heterocycles. The first kappa shape index (κ1) is 17.9. The van der Waals surface area contributed by atoms with E-state index in [9.17, 15) is 18.3 Å². The molecule has 25 heavy (non-hydrogen) atoms. The Hall–Kier alpha value is -1.86. The normalized spacial score (nSPS) is 16.6. The fourth-order valence-corrected chi connectivity index (χ4v) is 4.65. The van der Waals surface area contributed by atoms with Gasteiger partial charge in [0.25, 0.3) is 0 Å². The Labute approximate surface area is 147 Å². The van der Waals surface area contributed by atoms with Crippen LogP contribution < -0.4 is 4.72 Å². The van der Waals surface area contributed by atoms with Crippen molar-refractivity contribution < 1.29 is 22.7 Å². The lowest BCUT2D eigenvalue weighted by Gasteiger charge is -2.17. The highest BCUT2D eigenvalue weighted by Gasteiger charge is 2.28. The van der Waals surface area contributed by atoms with Crippen molar-refractivity contribution >= 4 is 27.0 Å². The Morgan fingerprint density at radius 3 is 2.60 bits per heavy atom. The first-order valence-electron chi connectivity index (χ1n) is 8.59. The molecule has 0 radical (unpaired) electrons. The molecule has 6 nitrogen and oxygen atoms in total. The van der Waals surface area contributed by atoms with Crippen LogP contribution in [0.2, 0.25) is 0 Å². The van der Waals surface area contributed by atoms with Crippen molar-refractivity contribution in [2.24, 2.45) is 5.92 Å². The molecular formula is C18H23NO5S. The Bertz CT molecular complexity index is 898. The number of carbonyl (C=O) groups is 1. The van der Waals surface area contributed by atoms with Crippen molar-refractivity contribution in [2.45, 2.75) is 56.9 Å². The van der Waals surface area contributed by atoms with E-state index in [1.165, 1.54) is 24.1 Å². The average molecular weight is 365 g/mol. The van der Waals surface area contributed by atoms with Crippen molar-refractivity contribution in [3.63, 3.8) is 0 Å². The van der Waals surface area contributed by atoms with E-state index in [2.05, 4.69) is 4.72 Å². The lowest BCUT2D eigenvalue weighted by atomic mass is 10.1. The van der Waals surface area contributed by atoms with Gasteiger partial charge < -0.3 is 9.52 Å². The lowest BCUT2D eigenvalue weighted by Crippen LogP contribution is -2.44. The first-order valence-corrected chi connectivity index (χ1v) is 10.1. The predicted octanol–water partition coefficient (Wildman–Crippen LogP) is 3.09. The molecule has 0 bridgehead atoms. The predicted molar refractivity (Wildman–Crippen MR) is 94.1 cm³/mol. The van der Waals surface area contributed by atoms with Crippen molar-refractivity contribution in [3.8, 4) is 0 Å². The van der Waals surface area contributed by atoms with Gasteiger partial charge in [0.05, 0.1) is 4.90 Å². The Balaban J connectivity index is 1.97. The molecule has 0 aliphatic heterocycles. The van der Waals surface area contributed by atoms with Gasteiger partial charge in [-0.05, 0) is 37.3 Å². The van der Waals surface area contributed by atoms with Crippen LogP contribution in [0.1, 0.15) is 44.4 Å². The molecule has 2 N–H and O–H groups in total. The topological polar surface area (TPSA) is 96.6 Å². The monoisotopic (exact) mass is 365 g/mol. The van der Waals surface area contributed by atoms with Crippen LogP contribution in [0.4, 0.5) is 0 Å². The number of aryl methyl sites for hydroxylation is 2. The molecule has 1 aromatic carbocycles. The molecule has 1 atom stereocenters. The van der Waals surface area contributed by atoms with Gasteiger partial charge in [0, 0.05) is 23.4 Å². The van der Waals surface area contributed by atoms with Crippen molar-refractivity contribution in [1.29, 1.82) is 0 Å². The molecule has 0 saturated carbocycles. The van der Waals surface area contributed by atoms with Crippen molar-refractivity contribution in [2.75, 3.05) is 0 Å². The molecule has 136 valence electrons. The van der Waals surface area contributed by atoms with Gasteiger partial charge in [0.2, 0.25) is 10.0 Å². The standard InChI is InChI=1S/C18H23NO5S/c1-11(2)17(18(20)21)19-25(22,23)12-8-9-14-13-6-4-3-5-7-15(13)24-16(14)10-12/h8-11,17,19H,3-7H2,1-2H3,(H,20,21)/t17-/m0/s1. The third kappa shape index (κ3) is 3.57. The highest BCUT2D eigenvalue weighted by atomic mass is 32.2. The third-order valence-electron chi connectivity index (χ3n) is 4.70. The molecule has 3 rings (SSSR count). The van der Waals surface area contributed by atoms with Crippen LogP contribution in [0.15, 0.2) is 27.5 Å². The summed E-state index contributed by atoms with van der Waals surface area (Å²) in [7, 11) is -3.94. The molecular weight excluding hydrogens is 342 g/mol. The molecule has 0 amide bonds. The number of hydrogen-bond donors (Lipinski definition) is 2. The maximum atomic E-state index is 12.6. The number of fused-ring (bicyclic) bond motifs is 3. The Morgan fingerprint density at radius 2 is 1.92 bits per heavy atom. The SMILES string of the molecule is CC(C)[C@H](NS(=O)(=O)c1ccc2c3c(oc2c1)CCCCC3)C(=O)O. The molecule has 7 heteroatoms. The summed E-state index contributed by atoms with van der Waals surface area (Å²) in [4.78, 5) is 11.3. The second-order valence-electron chi connectivity index (χ2n) is 6.90. The minimum Gasteiger partial charge on any atom is -0.480 e. The van der Waals surface area contributed by atoms with Crippen LogP contribution in [-0.4, -0.2) is 25.5 Å². The zero-order chi connectivity index (χ0) is 18.2. The molecule has 0 unspecified atom stereocenters. The van der Waals surface area contributed by atoms with Gasteiger partial charge in [0.1, 0.15) is 17.4 Å². The van der Waals surface area contributed by atoms with Crippen LogP contribution in [0, 0.1) is 5.92 Å². The van der Waals surface area contributed by atoms with Crippen molar-refractivity contribution in [3.05, 3.63) is 29.5 Å². The zero-order valence-corrected chi connectivity index (χ0v) is 15.2. The Kier molecular flexibility index (Phi) is 4.88. The quantitative estimate of drug-likeness (QED) is 0.794. The maximum Gasteiger partial charge on any atom is 0.322 e. The molecule has 1 heterocycles. The van der Waals surface area contributed by atoms with E-state index in [4.69, 9.17) is 4.42 Å². The number of nitrogens with one attached hydrogen (secondary N) is 1. The minimum absolute atomic E-state index is 0.0239. The zero-order valence-electron chi connectivity index (χ0n) is 14.4. The average Bonchev–Trinajstić information content (AvgIpc) is 2.72. The van der Waals surface area contributed by atoms with Gasteiger partial charge in [-0.15, -0.1) is 0 Å². The minimum atomic E-state index is -3.94. The fourth-order valence-electron chi connectivity index (χ4n) is 3.30. The molecule has 1 aromatic heterocycles. The van der Waals surface area contributed by atoms with E-state index < -0.39 is 22.0 Å². The molecule has 0 spiro atoms. The molecule has 1 aliphatic carbocycles. The van der Waals surface area contributed by atoms with E-state index >= 15 is 0 Å². The van der Waals surface area contributed by atoms with Gasteiger partial charge in [-0.2, -0.15) is 4.72 Å². The number of carboxylic acids is 1. The second-order valence-corrected chi connectivity index (χ2v) is 8.62. The van der Waals surface area contributed by atoms with Crippen LogP contribution in [0.3, 0.4) is 0 Å².